The Hall–Kier alpha value is -0.650. The number of hydrogen-bond acceptors (Lipinski definition) is 4. The molecular formula is C15H29N3O2. The normalized spacial score (nSPS) is 29.3. The molecule has 0 bridgehead atoms. The predicted octanol–water partition coefficient (Wildman–Crippen LogP) is 0.602. The van der Waals surface area contributed by atoms with Crippen molar-refractivity contribution in [3.05, 3.63) is 0 Å². The second-order valence-corrected chi connectivity index (χ2v) is 6.26. The van der Waals surface area contributed by atoms with Crippen LogP contribution in [0.3, 0.4) is 0 Å². The number of rotatable bonds is 6. The Morgan fingerprint density at radius 3 is 3.00 bits per heavy atom. The van der Waals surface area contributed by atoms with Crippen LogP contribution in [0, 0.1) is 5.92 Å². The zero-order valence-corrected chi connectivity index (χ0v) is 12.9. The topological polar surface area (TPSA) is 53.6 Å². The number of carbonyl (C=O) groups excluding carboxylic acids is 1. The lowest BCUT2D eigenvalue weighted by Gasteiger charge is -2.35. The van der Waals surface area contributed by atoms with E-state index in [1.54, 1.807) is 7.11 Å². The van der Waals surface area contributed by atoms with Crippen LogP contribution in [-0.2, 0) is 9.53 Å². The lowest BCUT2D eigenvalue weighted by Crippen LogP contribution is -2.48. The highest BCUT2D eigenvalue weighted by Crippen LogP contribution is 2.24. The molecule has 2 saturated heterocycles. The van der Waals surface area contributed by atoms with Crippen molar-refractivity contribution >= 4 is 5.91 Å². The number of amides is 1. The van der Waals surface area contributed by atoms with E-state index < -0.39 is 0 Å². The van der Waals surface area contributed by atoms with Crippen molar-refractivity contribution in [2.24, 2.45) is 5.92 Å². The number of nitrogens with zero attached hydrogens (tertiary/aromatic N) is 1. The molecule has 3 unspecified atom stereocenters. The molecule has 0 aliphatic carbocycles. The molecule has 0 spiro atoms. The summed E-state index contributed by atoms with van der Waals surface area (Å²) in [6.45, 7) is 6.34. The first-order chi connectivity index (χ1) is 9.69. The molecule has 2 heterocycles. The molecule has 5 nitrogen and oxygen atoms in total. The SMILES string of the molecule is COCC(C)NC(=O)CN1CCCC(C2CCCN2)C1. The van der Waals surface area contributed by atoms with Crippen LogP contribution in [-0.4, -0.2) is 62.8 Å². The van der Waals surface area contributed by atoms with Crippen molar-refractivity contribution in [3.63, 3.8) is 0 Å². The van der Waals surface area contributed by atoms with Crippen molar-refractivity contribution < 1.29 is 9.53 Å². The molecule has 2 fully saturated rings. The monoisotopic (exact) mass is 283 g/mol. The number of piperidine rings is 1. The van der Waals surface area contributed by atoms with E-state index in [2.05, 4.69) is 15.5 Å². The molecule has 2 rings (SSSR count). The minimum absolute atomic E-state index is 0.0876. The number of likely N-dealkylation sites (tertiary alicyclic amines) is 1. The fourth-order valence-electron chi connectivity index (χ4n) is 3.49. The van der Waals surface area contributed by atoms with Crippen molar-refractivity contribution in [2.45, 2.75) is 44.7 Å². The zero-order valence-electron chi connectivity index (χ0n) is 12.9. The van der Waals surface area contributed by atoms with Gasteiger partial charge in [-0.25, -0.2) is 0 Å². The van der Waals surface area contributed by atoms with Crippen molar-refractivity contribution in [2.75, 3.05) is 39.9 Å². The van der Waals surface area contributed by atoms with Crippen LogP contribution < -0.4 is 10.6 Å². The molecule has 2 N–H and O–H groups in total. The van der Waals surface area contributed by atoms with Gasteiger partial charge in [-0.3, -0.25) is 9.69 Å². The van der Waals surface area contributed by atoms with Crippen LogP contribution in [0.2, 0.25) is 0 Å². The quantitative estimate of drug-likeness (QED) is 0.749. The summed E-state index contributed by atoms with van der Waals surface area (Å²) in [5.41, 5.74) is 0. The maximum atomic E-state index is 12.0. The summed E-state index contributed by atoms with van der Waals surface area (Å²) in [5.74, 6) is 0.838. The average molecular weight is 283 g/mol. The predicted molar refractivity (Wildman–Crippen MR) is 79.7 cm³/mol. The van der Waals surface area contributed by atoms with Crippen LogP contribution in [0.5, 0.6) is 0 Å². The highest BCUT2D eigenvalue weighted by Gasteiger charge is 2.29. The van der Waals surface area contributed by atoms with Crippen LogP contribution >= 0.6 is 0 Å². The Kier molecular flexibility index (Phi) is 6.26. The third-order valence-corrected chi connectivity index (χ3v) is 4.40. The number of hydrogen-bond donors (Lipinski definition) is 2. The van der Waals surface area contributed by atoms with Crippen LogP contribution in [0.4, 0.5) is 0 Å². The average Bonchev–Trinajstić information content (AvgIpc) is 2.92. The van der Waals surface area contributed by atoms with Gasteiger partial charge in [-0.2, -0.15) is 0 Å². The third-order valence-electron chi connectivity index (χ3n) is 4.40. The lowest BCUT2D eigenvalue weighted by molar-refractivity contribution is -0.123. The van der Waals surface area contributed by atoms with E-state index in [-0.39, 0.29) is 11.9 Å². The van der Waals surface area contributed by atoms with E-state index in [1.807, 2.05) is 6.92 Å². The fraction of sp³-hybridized carbons (Fsp3) is 0.933. The number of carbonyl (C=O) groups is 1. The molecule has 116 valence electrons. The molecule has 0 aromatic heterocycles. The van der Waals surface area contributed by atoms with Crippen molar-refractivity contribution in [1.82, 2.24) is 15.5 Å². The van der Waals surface area contributed by atoms with E-state index in [0.29, 0.717) is 19.2 Å². The summed E-state index contributed by atoms with van der Waals surface area (Å²) in [6, 6.07) is 0.762. The number of nitrogens with one attached hydrogen (secondary N) is 2. The Morgan fingerprint density at radius 2 is 2.30 bits per heavy atom. The van der Waals surface area contributed by atoms with E-state index in [4.69, 9.17) is 4.74 Å². The first kappa shape index (κ1) is 15.7. The maximum Gasteiger partial charge on any atom is 0.234 e. The van der Waals surface area contributed by atoms with Crippen LogP contribution in [0.1, 0.15) is 32.6 Å². The first-order valence-electron chi connectivity index (χ1n) is 7.93. The van der Waals surface area contributed by atoms with Gasteiger partial charge in [0.1, 0.15) is 0 Å². The molecule has 3 atom stereocenters. The first-order valence-corrected chi connectivity index (χ1v) is 7.93. The van der Waals surface area contributed by atoms with Gasteiger partial charge in [0.25, 0.3) is 0 Å². The highest BCUT2D eigenvalue weighted by molar-refractivity contribution is 5.78. The van der Waals surface area contributed by atoms with Gasteiger partial charge in [0.05, 0.1) is 13.2 Å². The summed E-state index contributed by atoms with van der Waals surface area (Å²) in [5, 5.41) is 6.60. The summed E-state index contributed by atoms with van der Waals surface area (Å²) in [6.07, 6.45) is 5.12. The van der Waals surface area contributed by atoms with Gasteiger partial charge in [0.2, 0.25) is 5.91 Å². The molecule has 0 aromatic carbocycles. The van der Waals surface area contributed by atoms with Crippen LogP contribution in [0.15, 0.2) is 0 Å². The molecule has 0 saturated carbocycles. The second kappa shape index (κ2) is 7.96. The summed E-state index contributed by atoms with van der Waals surface area (Å²) in [4.78, 5) is 14.3. The van der Waals surface area contributed by atoms with Gasteiger partial charge in [-0.05, 0) is 51.6 Å². The molecule has 1 amide bonds. The van der Waals surface area contributed by atoms with E-state index in [1.165, 1.54) is 25.7 Å². The molecule has 0 radical (unpaired) electrons. The smallest absolute Gasteiger partial charge is 0.234 e. The number of ether oxygens (including phenoxy) is 1. The Balaban J connectivity index is 1.73. The Bertz CT molecular complexity index is 305. The van der Waals surface area contributed by atoms with E-state index >= 15 is 0 Å². The third kappa shape index (κ3) is 4.72. The fourth-order valence-corrected chi connectivity index (χ4v) is 3.49. The van der Waals surface area contributed by atoms with E-state index in [0.717, 1.165) is 25.6 Å². The minimum atomic E-state index is 0.0876. The molecule has 0 aromatic rings. The van der Waals surface area contributed by atoms with Crippen LogP contribution in [0.25, 0.3) is 0 Å². The van der Waals surface area contributed by atoms with Crippen molar-refractivity contribution in [1.29, 1.82) is 0 Å². The van der Waals surface area contributed by atoms with Gasteiger partial charge < -0.3 is 15.4 Å². The number of methoxy groups -OCH3 is 1. The van der Waals surface area contributed by atoms with E-state index in [9.17, 15) is 4.79 Å². The molecule has 2 aliphatic rings. The molecule has 20 heavy (non-hydrogen) atoms. The summed E-state index contributed by atoms with van der Waals surface area (Å²) in [7, 11) is 1.66. The van der Waals surface area contributed by atoms with Gasteiger partial charge in [0, 0.05) is 25.7 Å². The van der Waals surface area contributed by atoms with Gasteiger partial charge in [0.15, 0.2) is 0 Å². The lowest BCUT2D eigenvalue weighted by atomic mass is 9.90. The van der Waals surface area contributed by atoms with Crippen molar-refractivity contribution in [3.8, 4) is 0 Å². The largest absolute Gasteiger partial charge is 0.383 e. The minimum Gasteiger partial charge on any atom is -0.383 e. The Morgan fingerprint density at radius 1 is 1.45 bits per heavy atom. The molecule has 2 aliphatic heterocycles. The standard InChI is InChI=1S/C15H29N3O2/c1-12(11-20-2)17-15(19)10-18-8-4-5-13(9-18)14-6-3-7-16-14/h12-14,16H,3-11H2,1-2H3,(H,17,19). The van der Waals surface area contributed by atoms with Gasteiger partial charge in [-0.15, -0.1) is 0 Å². The second-order valence-electron chi connectivity index (χ2n) is 6.26. The van der Waals surface area contributed by atoms with Gasteiger partial charge >= 0.3 is 0 Å². The van der Waals surface area contributed by atoms with Gasteiger partial charge in [-0.1, -0.05) is 0 Å². The maximum absolute atomic E-state index is 12.0. The molecular weight excluding hydrogens is 254 g/mol. The zero-order chi connectivity index (χ0) is 14.4. The molecule has 5 heteroatoms. The summed E-state index contributed by atoms with van der Waals surface area (Å²) < 4.78 is 5.04. The summed E-state index contributed by atoms with van der Waals surface area (Å²) >= 11 is 0. The highest BCUT2D eigenvalue weighted by atomic mass is 16.5. The Labute approximate surface area is 122 Å².